The molecule has 0 saturated heterocycles. The molecule has 0 aliphatic heterocycles. The van der Waals surface area contributed by atoms with Crippen LogP contribution in [0.3, 0.4) is 0 Å². The summed E-state index contributed by atoms with van der Waals surface area (Å²) in [5, 5.41) is 9.33. The van der Waals surface area contributed by atoms with Gasteiger partial charge in [0.1, 0.15) is 0 Å². The summed E-state index contributed by atoms with van der Waals surface area (Å²) in [7, 11) is 1.61. The van der Waals surface area contributed by atoms with E-state index in [1.165, 1.54) is 0 Å². The van der Waals surface area contributed by atoms with Crippen molar-refractivity contribution in [1.82, 2.24) is 4.90 Å². The van der Waals surface area contributed by atoms with E-state index in [9.17, 15) is 23.1 Å². The van der Waals surface area contributed by atoms with Crippen molar-refractivity contribution in [3.63, 3.8) is 0 Å². The molecule has 6 heteroatoms. The molecule has 3 atom stereocenters. The second-order valence-corrected chi connectivity index (χ2v) is 7.23. The van der Waals surface area contributed by atoms with Crippen LogP contribution < -0.4 is 0 Å². The quantitative estimate of drug-likeness (QED) is 0.859. The largest absolute Gasteiger partial charge is 0.481 e. The Balaban J connectivity index is 2.77. The fourth-order valence-electron chi connectivity index (χ4n) is 3.18. The van der Waals surface area contributed by atoms with Gasteiger partial charge >= 0.3 is 12.1 Å². The van der Waals surface area contributed by atoms with E-state index in [1.54, 1.807) is 11.9 Å². The molecule has 0 aromatic carbocycles. The van der Waals surface area contributed by atoms with Gasteiger partial charge in [-0.3, -0.25) is 4.79 Å². The van der Waals surface area contributed by atoms with Gasteiger partial charge in [0, 0.05) is 12.6 Å². The minimum Gasteiger partial charge on any atom is -0.481 e. The predicted molar refractivity (Wildman–Crippen MR) is 75.0 cm³/mol. The first kappa shape index (κ1) is 18.3. The van der Waals surface area contributed by atoms with Gasteiger partial charge in [-0.2, -0.15) is 13.2 Å². The van der Waals surface area contributed by atoms with Gasteiger partial charge in [-0.25, -0.2) is 0 Å². The molecule has 1 aliphatic rings. The standard InChI is InChI=1S/C15H26F3NO2/c1-14(2,3)10-5-6-11(13(20)21)12(9-10)19(4)8-7-15(16,17)18/h10-12H,5-9H2,1-4H3,(H,20,21). The van der Waals surface area contributed by atoms with Crippen LogP contribution in [0.2, 0.25) is 0 Å². The number of aliphatic carboxylic acids is 1. The second kappa shape index (κ2) is 6.55. The number of carbonyl (C=O) groups is 1. The number of carboxylic acid groups (broad SMARTS) is 1. The fraction of sp³-hybridized carbons (Fsp3) is 0.933. The highest BCUT2D eigenvalue weighted by molar-refractivity contribution is 5.71. The Morgan fingerprint density at radius 3 is 2.24 bits per heavy atom. The van der Waals surface area contributed by atoms with Gasteiger partial charge in [-0.05, 0) is 37.6 Å². The molecular weight excluding hydrogens is 283 g/mol. The zero-order valence-electron chi connectivity index (χ0n) is 13.2. The van der Waals surface area contributed by atoms with E-state index in [0.29, 0.717) is 18.8 Å². The summed E-state index contributed by atoms with van der Waals surface area (Å²) >= 11 is 0. The van der Waals surface area contributed by atoms with Crippen LogP contribution in [-0.2, 0) is 4.79 Å². The molecule has 0 bridgehead atoms. The van der Waals surface area contributed by atoms with E-state index in [1.807, 2.05) is 0 Å². The molecule has 0 aromatic rings. The van der Waals surface area contributed by atoms with Crippen molar-refractivity contribution < 1.29 is 23.1 Å². The average Bonchev–Trinajstić information content (AvgIpc) is 2.33. The molecule has 0 radical (unpaired) electrons. The molecule has 1 aliphatic carbocycles. The van der Waals surface area contributed by atoms with Gasteiger partial charge in [-0.1, -0.05) is 20.8 Å². The van der Waals surface area contributed by atoms with Crippen molar-refractivity contribution in [1.29, 1.82) is 0 Å². The second-order valence-electron chi connectivity index (χ2n) is 7.23. The number of nitrogens with zero attached hydrogens (tertiary/aromatic N) is 1. The number of hydrogen-bond donors (Lipinski definition) is 1. The van der Waals surface area contributed by atoms with Gasteiger partial charge in [0.05, 0.1) is 12.3 Å². The van der Waals surface area contributed by atoms with Crippen molar-refractivity contribution in [3.8, 4) is 0 Å². The zero-order chi connectivity index (χ0) is 16.4. The molecule has 124 valence electrons. The maximum Gasteiger partial charge on any atom is 0.390 e. The lowest BCUT2D eigenvalue weighted by molar-refractivity contribution is -0.149. The van der Waals surface area contributed by atoms with Crippen LogP contribution in [0.25, 0.3) is 0 Å². The Morgan fingerprint density at radius 2 is 1.81 bits per heavy atom. The summed E-state index contributed by atoms with van der Waals surface area (Å²) in [4.78, 5) is 13.0. The minimum absolute atomic E-state index is 0.0482. The first-order valence-corrected chi connectivity index (χ1v) is 7.41. The van der Waals surface area contributed by atoms with Crippen molar-refractivity contribution in [2.24, 2.45) is 17.3 Å². The minimum atomic E-state index is -4.20. The lowest BCUT2D eigenvalue weighted by atomic mass is 9.67. The molecule has 1 rings (SSSR count). The van der Waals surface area contributed by atoms with Crippen molar-refractivity contribution in [2.45, 2.75) is 58.7 Å². The summed E-state index contributed by atoms with van der Waals surface area (Å²) in [6, 6.07) is -0.317. The molecule has 0 aromatic heterocycles. The Labute approximate surface area is 124 Å². The van der Waals surface area contributed by atoms with Gasteiger partial charge in [0.25, 0.3) is 0 Å². The Kier molecular flexibility index (Phi) is 5.69. The molecule has 0 amide bonds. The number of alkyl halides is 3. The van der Waals surface area contributed by atoms with Crippen LogP contribution in [0, 0.1) is 17.3 Å². The lowest BCUT2D eigenvalue weighted by Gasteiger charge is -2.44. The summed E-state index contributed by atoms with van der Waals surface area (Å²) < 4.78 is 37.1. The van der Waals surface area contributed by atoms with E-state index < -0.39 is 24.5 Å². The molecular formula is C15H26F3NO2. The molecule has 3 unspecified atom stereocenters. The van der Waals surface area contributed by atoms with E-state index in [-0.39, 0.29) is 18.0 Å². The van der Waals surface area contributed by atoms with Gasteiger partial charge < -0.3 is 10.0 Å². The monoisotopic (exact) mass is 309 g/mol. The van der Waals surface area contributed by atoms with Crippen LogP contribution in [0.15, 0.2) is 0 Å². The third kappa shape index (κ3) is 5.49. The normalized spacial score (nSPS) is 27.9. The van der Waals surface area contributed by atoms with Crippen LogP contribution in [0.5, 0.6) is 0 Å². The molecule has 0 heterocycles. The predicted octanol–water partition coefficient (Wildman–Crippen LogP) is 3.79. The maximum absolute atomic E-state index is 12.4. The molecule has 1 saturated carbocycles. The summed E-state index contributed by atoms with van der Waals surface area (Å²) in [5.74, 6) is -1.13. The van der Waals surface area contributed by atoms with Crippen LogP contribution >= 0.6 is 0 Å². The first-order chi connectivity index (χ1) is 9.42. The fourth-order valence-corrected chi connectivity index (χ4v) is 3.18. The van der Waals surface area contributed by atoms with Crippen LogP contribution in [0.1, 0.15) is 46.5 Å². The Hall–Kier alpha value is -0.780. The number of hydrogen-bond acceptors (Lipinski definition) is 2. The highest BCUT2D eigenvalue weighted by atomic mass is 19.4. The van der Waals surface area contributed by atoms with Crippen molar-refractivity contribution in [3.05, 3.63) is 0 Å². The topological polar surface area (TPSA) is 40.5 Å². The number of rotatable bonds is 4. The molecule has 3 nitrogen and oxygen atoms in total. The number of carboxylic acids is 1. The third-order valence-corrected chi connectivity index (χ3v) is 4.67. The summed E-state index contributed by atoms with van der Waals surface area (Å²) in [6.45, 7) is 6.16. The lowest BCUT2D eigenvalue weighted by Crippen LogP contribution is -2.48. The van der Waals surface area contributed by atoms with Crippen molar-refractivity contribution >= 4 is 5.97 Å². The molecule has 1 fully saturated rings. The number of halogens is 3. The Morgan fingerprint density at radius 1 is 1.24 bits per heavy atom. The summed E-state index contributed by atoms with van der Waals surface area (Å²) in [5.41, 5.74) is 0.0482. The zero-order valence-corrected chi connectivity index (χ0v) is 13.2. The molecule has 1 N–H and O–H groups in total. The van der Waals surface area contributed by atoms with Gasteiger partial charge in [0.15, 0.2) is 0 Å². The highest BCUT2D eigenvalue weighted by Gasteiger charge is 2.41. The Bertz CT molecular complexity index is 363. The average molecular weight is 309 g/mol. The maximum atomic E-state index is 12.4. The van der Waals surface area contributed by atoms with Gasteiger partial charge in [-0.15, -0.1) is 0 Å². The van der Waals surface area contributed by atoms with E-state index in [2.05, 4.69) is 20.8 Å². The smallest absolute Gasteiger partial charge is 0.390 e. The van der Waals surface area contributed by atoms with E-state index in [4.69, 9.17) is 0 Å². The van der Waals surface area contributed by atoms with Gasteiger partial charge in [0.2, 0.25) is 0 Å². The highest BCUT2D eigenvalue weighted by Crippen LogP contribution is 2.41. The molecule has 0 spiro atoms. The SMILES string of the molecule is CN(CCC(F)(F)F)C1CC(C(C)(C)C)CCC1C(=O)O. The summed E-state index contributed by atoms with van der Waals surface area (Å²) in [6.07, 6.45) is -3.09. The van der Waals surface area contributed by atoms with Crippen molar-refractivity contribution in [2.75, 3.05) is 13.6 Å². The first-order valence-electron chi connectivity index (χ1n) is 7.41. The van der Waals surface area contributed by atoms with E-state index >= 15 is 0 Å². The van der Waals surface area contributed by atoms with Crippen LogP contribution in [-0.4, -0.2) is 41.8 Å². The molecule has 21 heavy (non-hydrogen) atoms. The van der Waals surface area contributed by atoms with Crippen LogP contribution in [0.4, 0.5) is 13.2 Å². The van der Waals surface area contributed by atoms with E-state index in [0.717, 1.165) is 6.42 Å². The third-order valence-electron chi connectivity index (χ3n) is 4.67.